The van der Waals surface area contributed by atoms with E-state index in [9.17, 15) is 13.9 Å². The molecule has 0 radical (unpaired) electrons. The third-order valence-corrected chi connectivity index (χ3v) is 4.69. The molecular formula is C18H23F2N3O. The molecule has 1 aromatic carbocycles. The molecule has 1 aliphatic carbocycles. The lowest BCUT2D eigenvalue weighted by Crippen LogP contribution is -2.33. The van der Waals surface area contributed by atoms with Crippen molar-refractivity contribution in [2.75, 3.05) is 5.32 Å². The van der Waals surface area contributed by atoms with Crippen LogP contribution < -0.4 is 5.32 Å². The van der Waals surface area contributed by atoms with Gasteiger partial charge in [-0.25, -0.2) is 13.8 Å². The molecule has 3 rings (SSSR count). The summed E-state index contributed by atoms with van der Waals surface area (Å²) >= 11 is 0. The van der Waals surface area contributed by atoms with Crippen molar-refractivity contribution in [3.63, 3.8) is 0 Å². The van der Waals surface area contributed by atoms with E-state index >= 15 is 0 Å². The van der Waals surface area contributed by atoms with Gasteiger partial charge in [0.05, 0.1) is 12.0 Å². The average molecular weight is 335 g/mol. The molecule has 3 N–H and O–H groups in total. The predicted octanol–water partition coefficient (Wildman–Crippen LogP) is 3.57. The highest BCUT2D eigenvalue weighted by Crippen LogP contribution is 2.28. The Labute approximate surface area is 140 Å². The van der Waals surface area contributed by atoms with Gasteiger partial charge in [-0.15, -0.1) is 0 Å². The highest BCUT2D eigenvalue weighted by molar-refractivity contribution is 5.48. The number of aromatic nitrogens is 2. The van der Waals surface area contributed by atoms with E-state index in [1.54, 1.807) is 6.33 Å². The number of imidazole rings is 1. The predicted molar refractivity (Wildman–Crippen MR) is 88.7 cm³/mol. The zero-order chi connectivity index (χ0) is 17.1. The Hall–Kier alpha value is -1.95. The van der Waals surface area contributed by atoms with E-state index < -0.39 is 17.9 Å². The lowest BCUT2D eigenvalue weighted by molar-refractivity contribution is 0.123. The minimum Gasteiger partial charge on any atom is -0.374 e. The molecule has 0 amide bonds. The number of fused-ring (bicyclic) bond motifs is 1. The van der Waals surface area contributed by atoms with Crippen molar-refractivity contribution in [1.82, 2.24) is 9.97 Å². The molecule has 2 aromatic rings. The Morgan fingerprint density at radius 3 is 2.83 bits per heavy atom. The number of hydrogen-bond acceptors (Lipinski definition) is 3. The maximum absolute atomic E-state index is 14.2. The standard InChI is InChI=1S/C18H23F2N3O/c1-2-3-4-11-7-13(19)17(14(20)8-11)23-18(24)12-5-6-15-16(9-12)22-10-21-15/h7-8,10,12,18,23-24H,2-6,9H2,1H3,(H,21,22). The van der Waals surface area contributed by atoms with Crippen LogP contribution in [0.3, 0.4) is 0 Å². The first kappa shape index (κ1) is 16.9. The summed E-state index contributed by atoms with van der Waals surface area (Å²) in [6.45, 7) is 2.04. The Kier molecular flexibility index (Phi) is 5.14. The smallest absolute Gasteiger partial charge is 0.149 e. The molecule has 0 bridgehead atoms. The molecule has 0 aliphatic heterocycles. The SMILES string of the molecule is CCCCc1cc(F)c(NC(O)C2CCc3nc[nH]c3C2)c(F)c1. The van der Waals surface area contributed by atoms with Crippen LogP contribution in [0.5, 0.6) is 0 Å². The summed E-state index contributed by atoms with van der Waals surface area (Å²) in [4.78, 5) is 7.28. The van der Waals surface area contributed by atoms with Gasteiger partial charge in [-0.1, -0.05) is 13.3 Å². The van der Waals surface area contributed by atoms with Gasteiger partial charge in [0.15, 0.2) is 0 Å². The number of aliphatic hydroxyl groups is 1. The molecule has 1 heterocycles. The van der Waals surface area contributed by atoms with Gasteiger partial charge < -0.3 is 15.4 Å². The number of hydrogen-bond donors (Lipinski definition) is 3. The fourth-order valence-electron chi connectivity index (χ4n) is 3.25. The first-order valence-corrected chi connectivity index (χ1v) is 8.52. The Bertz CT molecular complexity index is 678. The molecule has 0 fully saturated rings. The number of aryl methyl sites for hydroxylation is 2. The molecule has 24 heavy (non-hydrogen) atoms. The number of benzene rings is 1. The van der Waals surface area contributed by atoms with E-state index in [-0.39, 0.29) is 11.6 Å². The topological polar surface area (TPSA) is 60.9 Å². The maximum atomic E-state index is 14.2. The molecule has 1 aromatic heterocycles. The van der Waals surface area contributed by atoms with E-state index in [1.165, 1.54) is 12.1 Å². The molecule has 0 saturated heterocycles. The van der Waals surface area contributed by atoms with E-state index in [2.05, 4.69) is 15.3 Å². The molecule has 2 atom stereocenters. The van der Waals surface area contributed by atoms with Crippen molar-refractivity contribution >= 4 is 5.69 Å². The van der Waals surface area contributed by atoms with Crippen LogP contribution in [0.25, 0.3) is 0 Å². The Balaban J connectivity index is 1.69. The normalized spacial score (nSPS) is 18.2. The summed E-state index contributed by atoms with van der Waals surface area (Å²) in [5, 5.41) is 13.0. The number of rotatable bonds is 6. The number of anilines is 1. The molecule has 6 heteroatoms. The van der Waals surface area contributed by atoms with E-state index in [4.69, 9.17) is 0 Å². The minimum absolute atomic E-state index is 0.114. The summed E-state index contributed by atoms with van der Waals surface area (Å²) < 4.78 is 28.5. The molecule has 1 aliphatic rings. The van der Waals surface area contributed by atoms with Crippen molar-refractivity contribution in [1.29, 1.82) is 0 Å². The largest absolute Gasteiger partial charge is 0.374 e. The number of nitrogens with zero attached hydrogens (tertiary/aromatic N) is 1. The van der Waals surface area contributed by atoms with Crippen LogP contribution in [-0.4, -0.2) is 21.3 Å². The third-order valence-electron chi connectivity index (χ3n) is 4.69. The fraction of sp³-hybridized carbons (Fsp3) is 0.500. The first-order valence-electron chi connectivity index (χ1n) is 8.52. The van der Waals surface area contributed by atoms with Gasteiger partial charge in [-0.05, 0) is 49.8 Å². The van der Waals surface area contributed by atoms with Crippen LogP contribution in [0.2, 0.25) is 0 Å². The molecule has 0 saturated carbocycles. The van der Waals surface area contributed by atoms with Crippen LogP contribution in [0.1, 0.15) is 43.1 Å². The minimum atomic E-state index is -1.01. The quantitative estimate of drug-likeness (QED) is 0.707. The summed E-state index contributed by atoms with van der Waals surface area (Å²) in [5.74, 6) is -1.42. The molecule has 4 nitrogen and oxygen atoms in total. The summed E-state index contributed by atoms with van der Waals surface area (Å²) in [6, 6.07) is 2.70. The Morgan fingerprint density at radius 1 is 1.38 bits per heavy atom. The van der Waals surface area contributed by atoms with Gasteiger partial charge in [0.2, 0.25) is 0 Å². The second-order valence-electron chi connectivity index (χ2n) is 6.46. The Morgan fingerprint density at radius 2 is 2.12 bits per heavy atom. The fourth-order valence-corrected chi connectivity index (χ4v) is 3.25. The lowest BCUT2D eigenvalue weighted by atomic mass is 9.88. The first-order chi connectivity index (χ1) is 11.6. The highest BCUT2D eigenvalue weighted by atomic mass is 19.1. The van der Waals surface area contributed by atoms with Crippen molar-refractivity contribution in [2.45, 2.75) is 51.7 Å². The zero-order valence-corrected chi connectivity index (χ0v) is 13.8. The number of unbranched alkanes of at least 4 members (excludes halogenated alkanes) is 1. The molecule has 0 spiro atoms. The van der Waals surface area contributed by atoms with Crippen LogP contribution in [0.15, 0.2) is 18.5 Å². The van der Waals surface area contributed by atoms with Gasteiger partial charge in [0.25, 0.3) is 0 Å². The summed E-state index contributed by atoms with van der Waals surface area (Å²) in [6.07, 6.45) is 5.24. The van der Waals surface area contributed by atoms with E-state index in [0.29, 0.717) is 18.4 Å². The maximum Gasteiger partial charge on any atom is 0.149 e. The van der Waals surface area contributed by atoms with Crippen molar-refractivity contribution in [3.8, 4) is 0 Å². The van der Waals surface area contributed by atoms with Crippen LogP contribution in [0.4, 0.5) is 14.5 Å². The highest BCUT2D eigenvalue weighted by Gasteiger charge is 2.27. The van der Waals surface area contributed by atoms with Crippen molar-refractivity contribution in [3.05, 3.63) is 47.0 Å². The average Bonchev–Trinajstić information content (AvgIpc) is 3.03. The lowest BCUT2D eigenvalue weighted by Gasteiger charge is -2.27. The molecule has 2 unspecified atom stereocenters. The zero-order valence-electron chi connectivity index (χ0n) is 13.8. The van der Waals surface area contributed by atoms with Gasteiger partial charge in [0, 0.05) is 11.6 Å². The molecule has 130 valence electrons. The van der Waals surface area contributed by atoms with Gasteiger partial charge >= 0.3 is 0 Å². The van der Waals surface area contributed by atoms with Crippen molar-refractivity contribution in [2.24, 2.45) is 5.92 Å². The number of H-pyrrole nitrogens is 1. The third kappa shape index (κ3) is 3.59. The summed E-state index contributed by atoms with van der Waals surface area (Å²) in [5.41, 5.74) is 2.39. The van der Waals surface area contributed by atoms with Gasteiger partial charge in [-0.3, -0.25) is 0 Å². The number of aliphatic hydroxyl groups excluding tert-OH is 1. The monoisotopic (exact) mass is 335 g/mol. The van der Waals surface area contributed by atoms with Crippen molar-refractivity contribution < 1.29 is 13.9 Å². The number of nitrogens with one attached hydrogen (secondary N) is 2. The van der Waals surface area contributed by atoms with Crippen LogP contribution in [-0.2, 0) is 19.3 Å². The summed E-state index contributed by atoms with van der Waals surface area (Å²) in [7, 11) is 0. The number of halogens is 2. The van der Waals surface area contributed by atoms with Crippen LogP contribution >= 0.6 is 0 Å². The van der Waals surface area contributed by atoms with Crippen LogP contribution in [0, 0.1) is 17.6 Å². The van der Waals surface area contributed by atoms with Gasteiger partial charge in [0.1, 0.15) is 23.5 Å². The van der Waals surface area contributed by atoms with E-state index in [1.807, 2.05) is 6.92 Å². The van der Waals surface area contributed by atoms with Gasteiger partial charge in [-0.2, -0.15) is 0 Å². The second kappa shape index (κ2) is 7.30. The molecular weight excluding hydrogens is 312 g/mol. The second-order valence-corrected chi connectivity index (χ2v) is 6.46. The number of aromatic amines is 1. The van der Waals surface area contributed by atoms with E-state index in [0.717, 1.165) is 37.1 Å².